The van der Waals surface area contributed by atoms with E-state index in [4.69, 9.17) is 14.2 Å². The fraction of sp³-hybridized carbons (Fsp3) is 1.00. The first-order chi connectivity index (χ1) is 7.37. The minimum Gasteiger partial charge on any atom is -0.381 e. The van der Waals surface area contributed by atoms with Crippen LogP contribution in [0.3, 0.4) is 0 Å². The summed E-state index contributed by atoms with van der Waals surface area (Å²) in [4.78, 5) is 0. The Labute approximate surface area is 101 Å². The summed E-state index contributed by atoms with van der Waals surface area (Å²) in [6.45, 7) is 10.2. The van der Waals surface area contributed by atoms with Gasteiger partial charge in [0, 0.05) is 0 Å². The Morgan fingerprint density at radius 1 is 0.588 bits per heavy atom. The minimum absolute atomic E-state index is 1.02. The van der Waals surface area contributed by atoms with E-state index in [-0.39, 0.29) is 0 Å². The molecule has 0 unspecified atom stereocenters. The van der Waals surface area contributed by atoms with E-state index < -0.39 is 34.0 Å². The topological polar surface area (TPSA) is 68.2 Å². The molecule has 0 aliphatic carbocycles. The van der Waals surface area contributed by atoms with Crippen LogP contribution in [-0.2, 0) is 14.2 Å². The first kappa shape index (κ1) is 11.9. The lowest BCUT2D eigenvalue weighted by molar-refractivity contribution is -0.469. The SMILES string of the molecule is C[C@@]12O[C@@]3(C)O[C@@](C)([C@]1(C)O)[C@](C)(O2)[C@]3(C)O. The van der Waals surface area contributed by atoms with E-state index in [0.717, 1.165) is 0 Å². The quantitative estimate of drug-likeness (QED) is 0.650. The Hall–Kier alpha value is -0.200. The highest BCUT2D eigenvalue weighted by Gasteiger charge is 2.91. The molecule has 0 saturated carbocycles. The Kier molecular flexibility index (Phi) is 1.60. The maximum absolute atomic E-state index is 10.7. The highest BCUT2D eigenvalue weighted by atomic mass is 16.9. The van der Waals surface area contributed by atoms with Crippen molar-refractivity contribution >= 4 is 0 Å². The summed E-state index contributed by atoms with van der Waals surface area (Å²) in [5.74, 6) is -2.35. The van der Waals surface area contributed by atoms with E-state index >= 15 is 0 Å². The standard InChI is InChI=1S/C12H20O5/c1-7(13)9(3)10(4)8(2,14)12(6,15-9)17-11(7,5)16-10/h13-14H,1-6H3/t7-,8-,9-,10+,11+,12+/m0/s1. The van der Waals surface area contributed by atoms with E-state index in [0.29, 0.717) is 0 Å². The van der Waals surface area contributed by atoms with E-state index in [1.54, 1.807) is 41.5 Å². The van der Waals surface area contributed by atoms with Gasteiger partial charge in [-0.25, -0.2) is 0 Å². The largest absolute Gasteiger partial charge is 0.381 e. The molecular formula is C12H20O5. The lowest BCUT2D eigenvalue weighted by atomic mass is 9.69. The second-order valence-electron chi connectivity index (χ2n) is 6.41. The molecule has 4 saturated heterocycles. The smallest absolute Gasteiger partial charge is 0.201 e. The summed E-state index contributed by atoms with van der Waals surface area (Å²) in [6, 6.07) is 0. The highest BCUT2D eigenvalue weighted by Crippen LogP contribution is 2.71. The summed E-state index contributed by atoms with van der Waals surface area (Å²) in [6.07, 6.45) is 0. The molecule has 6 atom stereocenters. The van der Waals surface area contributed by atoms with Crippen LogP contribution in [0, 0.1) is 0 Å². The number of hydrogen-bond acceptors (Lipinski definition) is 5. The first-order valence-corrected chi connectivity index (χ1v) is 5.92. The summed E-state index contributed by atoms with van der Waals surface area (Å²) in [7, 11) is 0. The van der Waals surface area contributed by atoms with E-state index in [2.05, 4.69) is 0 Å². The molecule has 0 radical (unpaired) electrons. The van der Waals surface area contributed by atoms with Crippen molar-refractivity contribution in [3.8, 4) is 0 Å². The van der Waals surface area contributed by atoms with Gasteiger partial charge in [-0.15, -0.1) is 0 Å². The van der Waals surface area contributed by atoms with Crippen molar-refractivity contribution in [1.82, 2.24) is 0 Å². The van der Waals surface area contributed by atoms with Crippen LogP contribution in [-0.4, -0.2) is 44.2 Å². The van der Waals surface area contributed by atoms with Crippen LogP contribution in [0.4, 0.5) is 0 Å². The third kappa shape index (κ3) is 0.763. The number of rotatable bonds is 0. The van der Waals surface area contributed by atoms with Crippen molar-refractivity contribution in [2.75, 3.05) is 0 Å². The van der Waals surface area contributed by atoms with Crippen molar-refractivity contribution in [2.24, 2.45) is 0 Å². The summed E-state index contributed by atoms with van der Waals surface area (Å²) >= 11 is 0. The monoisotopic (exact) mass is 244 g/mol. The molecule has 4 bridgehead atoms. The number of hydrogen-bond donors (Lipinski definition) is 2. The molecule has 4 rings (SSSR count). The third-order valence-electron chi connectivity index (χ3n) is 5.72. The average molecular weight is 244 g/mol. The Morgan fingerprint density at radius 3 is 1.18 bits per heavy atom. The van der Waals surface area contributed by atoms with Crippen LogP contribution < -0.4 is 0 Å². The van der Waals surface area contributed by atoms with Crippen molar-refractivity contribution in [1.29, 1.82) is 0 Å². The molecule has 0 aromatic heterocycles. The highest BCUT2D eigenvalue weighted by molar-refractivity contribution is 5.34. The van der Waals surface area contributed by atoms with Gasteiger partial charge in [-0.1, -0.05) is 0 Å². The zero-order valence-electron chi connectivity index (χ0n) is 11.1. The van der Waals surface area contributed by atoms with Gasteiger partial charge >= 0.3 is 0 Å². The zero-order valence-corrected chi connectivity index (χ0v) is 11.1. The predicted molar refractivity (Wildman–Crippen MR) is 58.1 cm³/mol. The van der Waals surface area contributed by atoms with Crippen LogP contribution in [0.25, 0.3) is 0 Å². The Morgan fingerprint density at radius 2 is 0.882 bits per heavy atom. The molecule has 2 N–H and O–H groups in total. The van der Waals surface area contributed by atoms with E-state index in [1.807, 2.05) is 0 Å². The molecule has 0 aromatic carbocycles. The molecule has 4 heterocycles. The van der Waals surface area contributed by atoms with Crippen LogP contribution in [0.5, 0.6) is 0 Å². The molecule has 0 spiro atoms. The molecule has 98 valence electrons. The maximum atomic E-state index is 10.7. The zero-order chi connectivity index (χ0) is 13.1. The van der Waals surface area contributed by atoms with Gasteiger partial charge in [0.1, 0.15) is 22.4 Å². The molecular weight excluding hydrogens is 224 g/mol. The summed E-state index contributed by atoms with van der Waals surface area (Å²) in [5, 5.41) is 21.4. The average Bonchev–Trinajstić information content (AvgIpc) is 2.28. The molecule has 5 heteroatoms. The van der Waals surface area contributed by atoms with Gasteiger partial charge in [-0.2, -0.15) is 0 Å². The fourth-order valence-corrected chi connectivity index (χ4v) is 3.78. The van der Waals surface area contributed by atoms with Crippen LogP contribution in [0.15, 0.2) is 0 Å². The van der Waals surface area contributed by atoms with Gasteiger partial charge < -0.3 is 24.4 Å². The first-order valence-electron chi connectivity index (χ1n) is 5.92. The predicted octanol–water partition coefficient (Wildman–Crippen LogP) is 0.529. The Balaban J connectivity index is 2.32. The molecule has 4 fully saturated rings. The van der Waals surface area contributed by atoms with Crippen molar-refractivity contribution in [2.45, 2.75) is 75.5 Å². The van der Waals surface area contributed by atoms with Gasteiger partial charge in [0.05, 0.1) is 0 Å². The van der Waals surface area contributed by atoms with Crippen molar-refractivity contribution in [3.05, 3.63) is 0 Å². The lowest BCUT2D eigenvalue weighted by Crippen LogP contribution is -2.70. The van der Waals surface area contributed by atoms with Gasteiger partial charge in [0.2, 0.25) is 11.6 Å². The van der Waals surface area contributed by atoms with Crippen molar-refractivity contribution < 1.29 is 24.4 Å². The molecule has 5 nitrogen and oxygen atoms in total. The third-order valence-corrected chi connectivity index (χ3v) is 5.72. The van der Waals surface area contributed by atoms with Crippen LogP contribution in [0.1, 0.15) is 41.5 Å². The molecule has 0 amide bonds. The molecule has 17 heavy (non-hydrogen) atoms. The maximum Gasteiger partial charge on any atom is 0.201 e. The Bertz CT molecular complexity index is 381. The number of aliphatic hydroxyl groups is 2. The van der Waals surface area contributed by atoms with E-state index in [9.17, 15) is 10.2 Å². The molecule has 4 aliphatic rings. The van der Waals surface area contributed by atoms with Crippen LogP contribution >= 0.6 is 0 Å². The summed E-state index contributed by atoms with van der Waals surface area (Å²) < 4.78 is 17.5. The van der Waals surface area contributed by atoms with Crippen molar-refractivity contribution in [3.63, 3.8) is 0 Å². The fourth-order valence-electron chi connectivity index (χ4n) is 3.78. The second-order valence-corrected chi connectivity index (χ2v) is 6.41. The minimum atomic E-state index is -1.34. The van der Waals surface area contributed by atoms with Gasteiger partial charge in [-0.05, 0) is 41.5 Å². The van der Waals surface area contributed by atoms with Gasteiger partial charge in [0.15, 0.2) is 0 Å². The van der Waals surface area contributed by atoms with Gasteiger partial charge in [-0.3, -0.25) is 0 Å². The number of ether oxygens (including phenoxy) is 3. The molecule has 0 aromatic rings. The normalized spacial score (nSPS) is 73.4. The summed E-state index contributed by atoms with van der Waals surface area (Å²) in [5.41, 5.74) is -4.72. The van der Waals surface area contributed by atoms with Gasteiger partial charge in [0.25, 0.3) is 0 Å². The second kappa shape index (κ2) is 2.30. The molecule has 4 aliphatic heterocycles. The lowest BCUT2D eigenvalue weighted by Gasteiger charge is -2.54. The van der Waals surface area contributed by atoms with Crippen LogP contribution in [0.2, 0.25) is 0 Å². The van der Waals surface area contributed by atoms with E-state index in [1.165, 1.54) is 0 Å².